The van der Waals surface area contributed by atoms with Gasteiger partial charge in [-0.1, -0.05) is 28.1 Å². The number of ketones is 1. The quantitative estimate of drug-likeness (QED) is 0.432. The zero-order chi connectivity index (χ0) is 7.14. The smallest absolute Gasteiger partial charge is 0.140 e. The van der Waals surface area contributed by atoms with Gasteiger partial charge in [0.25, 0.3) is 0 Å². The lowest BCUT2D eigenvalue weighted by Gasteiger charge is -2.16. The number of allylic oxidation sites excluding steroid dienone is 2. The Morgan fingerprint density at radius 2 is 2.30 bits per heavy atom. The second-order valence-corrected chi connectivity index (χ2v) is 4.16. The van der Waals surface area contributed by atoms with Crippen LogP contribution < -0.4 is 0 Å². The SMILES string of the molecule is O=C1C[C@H]2C[C@@H]1C=C[C@@H]2Br. The first kappa shape index (κ1) is 6.59. The molecule has 0 aromatic rings. The van der Waals surface area contributed by atoms with Gasteiger partial charge in [0.05, 0.1) is 0 Å². The maximum absolute atomic E-state index is 11.1. The summed E-state index contributed by atoms with van der Waals surface area (Å²) in [6.45, 7) is 0. The fourth-order valence-corrected chi connectivity index (χ4v) is 2.36. The van der Waals surface area contributed by atoms with E-state index in [1.807, 2.05) is 6.08 Å². The fraction of sp³-hybridized carbons (Fsp3) is 0.625. The molecule has 0 aromatic heterocycles. The van der Waals surface area contributed by atoms with Gasteiger partial charge in [0.2, 0.25) is 0 Å². The first-order valence-corrected chi connectivity index (χ1v) is 4.54. The number of fused-ring (bicyclic) bond motifs is 2. The molecule has 1 nitrogen and oxygen atoms in total. The highest BCUT2D eigenvalue weighted by atomic mass is 79.9. The maximum Gasteiger partial charge on any atom is 0.140 e. The van der Waals surface area contributed by atoms with E-state index in [9.17, 15) is 4.79 Å². The second-order valence-electron chi connectivity index (χ2n) is 3.10. The van der Waals surface area contributed by atoms with E-state index < -0.39 is 0 Å². The Bertz CT molecular complexity index is 197. The summed E-state index contributed by atoms with van der Waals surface area (Å²) in [6, 6.07) is 0. The molecule has 0 aliphatic heterocycles. The van der Waals surface area contributed by atoms with Gasteiger partial charge in [-0.15, -0.1) is 0 Å². The topological polar surface area (TPSA) is 17.1 Å². The molecule has 0 amide bonds. The molecule has 54 valence electrons. The van der Waals surface area contributed by atoms with E-state index >= 15 is 0 Å². The van der Waals surface area contributed by atoms with E-state index in [-0.39, 0.29) is 5.92 Å². The zero-order valence-corrected chi connectivity index (χ0v) is 7.17. The molecule has 3 atom stereocenters. The van der Waals surface area contributed by atoms with E-state index in [1.54, 1.807) is 0 Å². The molecule has 2 aliphatic rings. The van der Waals surface area contributed by atoms with Gasteiger partial charge in [0.1, 0.15) is 5.78 Å². The summed E-state index contributed by atoms with van der Waals surface area (Å²) in [5.41, 5.74) is 0. The number of hydrogen-bond donors (Lipinski definition) is 0. The zero-order valence-electron chi connectivity index (χ0n) is 5.59. The van der Waals surface area contributed by atoms with Crippen LogP contribution in [-0.2, 0) is 4.79 Å². The van der Waals surface area contributed by atoms with Crippen molar-refractivity contribution in [1.82, 2.24) is 0 Å². The third-order valence-electron chi connectivity index (χ3n) is 2.41. The van der Waals surface area contributed by atoms with Crippen LogP contribution in [-0.4, -0.2) is 10.6 Å². The highest BCUT2D eigenvalue weighted by molar-refractivity contribution is 9.09. The standard InChI is InChI=1S/C8H9BrO/c9-7-2-1-5-3-6(7)4-8(5)10/h1-2,5-7H,3-4H2/t5-,6+,7-/m0/s1. The van der Waals surface area contributed by atoms with Gasteiger partial charge in [-0.25, -0.2) is 0 Å². The monoisotopic (exact) mass is 200 g/mol. The average Bonchev–Trinajstić information content (AvgIpc) is 2.21. The highest BCUT2D eigenvalue weighted by Gasteiger charge is 2.36. The number of Topliss-reactive ketones (excluding diaryl/α,β-unsaturated/α-hetero) is 1. The van der Waals surface area contributed by atoms with Crippen molar-refractivity contribution < 1.29 is 4.79 Å². The summed E-state index contributed by atoms with van der Waals surface area (Å²) in [4.78, 5) is 11.6. The lowest BCUT2D eigenvalue weighted by atomic mass is 9.96. The first-order chi connectivity index (χ1) is 4.77. The summed E-state index contributed by atoms with van der Waals surface area (Å²) in [6.07, 6.45) is 6.02. The van der Waals surface area contributed by atoms with Crippen LogP contribution >= 0.6 is 15.9 Å². The first-order valence-electron chi connectivity index (χ1n) is 3.62. The van der Waals surface area contributed by atoms with Gasteiger partial charge in [-0.05, 0) is 12.3 Å². The Morgan fingerprint density at radius 3 is 3.00 bits per heavy atom. The van der Waals surface area contributed by atoms with Gasteiger partial charge in [-0.2, -0.15) is 0 Å². The molecule has 0 N–H and O–H groups in total. The molecule has 2 heteroatoms. The van der Waals surface area contributed by atoms with E-state index in [4.69, 9.17) is 0 Å². The minimum Gasteiger partial charge on any atom is -0.299 e. The van der Waals surface area contributed by atoms with Crippen LogP contribution in [0.15, 0.2) is 12.2 Å². The summed E-state index contributed by atoms with van der Waals surface area (Å²) in [7, 11) is 0. The number of rotatable bonds is 0. The fourth-order valence-electron chi connectivity index (χ4n) is 1.78. The van der Waals surface area contributed by atoms with Gasteiger partial charge in [0, 0.05) is 17.2 Å². The van der Waals surface area contributed by atoms with Crippen LogP contribution in [0.4, 0.5) is 0 Å². The van der Waals surface area contributed by atoms with Crippen molar-refractivity contribution in [1.29, 1.82) is 0 Å². The molecule has 0 spiro atoms. The molecule has 0 aromatic carbocycles. The minimum absolute atomic E-state index is 0.263. The molecule has 1 saturated carbocycles. The van der Waals surface area contributed by atoms with Crippen LogP contribution in [0, 0.1) is 11.8 Å². The summed E-state index contributed by atoms with van der Waals surface area (Å²) >= 11 is 3.53. The third-order valence-corrected chi connectivity index (χ3v) is 3.46. The van der Waals surface area contributed by atoms with Gasteiger partial charge in [0.15, 0.2) is 0 Å². The molecule has 0 saturated heterocycles. The molecule has 2 bridgehead atoms. The van der Waals surface area contributed by atoms with Crippen molar-refractivity contribution in [3.05, 3.63) is 12.2 Å². The predicted octanol–water partition coefficient (Wildman–Crippen LogP) is 1.92. The van der Waals surface area contributed by atoms with Crippen LogP contribution in [0.2, 0.25) is 0 Å². The lowest BCUT2D eigenvalue weighted by Crippen LogP contribution is -2.11. The van der Waals surface area contributed by atoms with E-state index in [2.05, 4.69) is 22.0 Å². The molecule has 2 rings (SSSR count). The van der Waals surface area contributed by atoms with Crippen molar-refractivity contribution in [2.75, 3.05) is 0 Å². The predicted molar refractivity (Wildman–Crippen MR) is 43.1 cm³/mol. The molecule has 1 fully saturated rings. The van der Waals surface area contributed by atoms with E-state index in [1.165, 1.54) is 0 Å². The Balaban J connectivity index is 2.27. The Labute approximate surface area is 68.6 Å². The van der Waals surface area contributed by atoms with Crippen molar-refractivity contribution in [3.63, 3.8) is 0 Å². The number of carbonyl (C=O) groups is 1. The Morgan fingerprint density at radius 1 is 1.50 bits per heavy atom. The average molecular weight is 201 g/mol. The minimum atomic E-state index is 0.263. The van der Waals surface area contributed by atoms with E-state index in [0.717, 1.165) is 12.8 Å². The second kappa shape index (κ2) is 2.19. The lowest BCUT2D eigenvalue weighted by molar-refractivity contribution is -0.119. The largest absolute Gasteiger partial charge is 0.299 e. The van der Waals surface area contributed by atoms with Crippen molar-refractivity contribution >= 4 is 21.7 Å². The Kier molecular flexibility index (Phi) is 1.44. The molecule has 2 aliphatic carbocycles. The number of hydrogen-bond acceptors (Lipinski definition) is 1. The molecule has 10 heavy (non-hydrogen) atoms. The van der Waals surface area contributed by atoms with Crippen molar-refractivity contribution in [2.24, 2.45) is 11.8 Å². The van der Waals surface area contributed by atoms with Gasteiger partial charge >= 0.3 is 0 Å². The van der Waals surface area contributed by atoms with Crippen molar-refractivity contribution in [3.8, 4) is 0 Å². The molecule has 0 radical (unpaired) electrons. The van der Waals surface area contributed by atoms with Crippen LogP contribution in [0.25, 0.3) is 0 Å². The van der Waals surface area contributed by atoms with Gasteiger partial charge < -0.3 is 0 Å². The normalized spacial score (nSPS) is 44.5. The number of halogens is 1. The third kappa shape index (κ3) is 0.858. The summed E-state index contributed by atoms with van der Waals surface area (Å²) in [5.74, 6) is 1.28. The van der Waals surface area contributed by atoms with Crippen LogP contribution in [0.5, 0.6) is 0 Å². The summed E-state index contributed by atoms with van der Waals surface area (Å²) < 4.78 is 0. The van der Waals surface area contributed by atoms with Crippen LogP contribution in [0.3, 0.4) is 0 Å². The van der Waals surface area contributed by atoms with Crippen molar-refractivity contribution in [2.45, 2.75) is 17.7 Å². The molecule has 0 unspecified atom stereocenters. The van der Waals surface area contributed by atoms with E-state index in [0.29, 0.717) is 16.5 Å². The molecular weight excluding hydrogens is 192 g/mol. The maximum atomic E-state index is 11.1. The number of carbonyl (C=O) groups excluding carboxylic acids is 1. The van der Waals surface area contributed by atoms with Gasteiger partial charge in [-0.3, -0.25) is 4.79 Å². The molecular formula is C8H9BrO. The Hall–Kier alpha value is -0.110. The summed E-state index contributed by atoms with van der Waals surface area (Å²) in [5, 5.41) is 0. The molecule has 0 heterocycles. The number of alkyl halides is 1. The van der Waals surface area contributed by atoms with Crippen LogP contribution in [0.1, 0.15) is 12.8 Å². The highest BCUT2D eigenvalue weighted by Crippen LogP contribution is 2.38.